The molecular formula is C16H30N4O. The van der Waals surface area contributed by atoms with Crippen molar-refractivity contribution in [3.63, 3.8) is 0 Å². The summed E-state index contributed by atoms with van der Waals surface area (Å²) in [5, 5.41) is 4.76. The summed E-state index contributed by atoms with van der Waals surface area (Å²) in [6.07, 6.45) is 11.9. The number of hydrazine groups is 1. The quantitative estimate of drug-likeness (QED) is 0.571. The molecule has 2 unspecified atom stereocenters. The van der Waals surface area contributed by atoms with E-state index in [0.29, 0.717) is 6.04 Å². The van der Waals surface area contributed by atoms with Crippen LogP contribution in [0.25, 0.3) is 0 Å². The van der Waals surface area contributed by atoms with Gasteiger partial charge in [0.25, 0.3) is 0 Å². The van der Waals surface area contributed by atoms with Gasteiger partial charge >= 0.3 is 0 Å². The number of hydrogen-bond acceptors (Lipinski definition) is 4. The SMILES string of the molecule is COC(C)CCC(Cc1ccn(C2CCCCC2)n1)NN. The van der Waals surface area contributed by atoms with Gasteiger partial charge in [0.2, 0.25) is 0 Å². The van der Waals surface area contributed by atoms with Gasteiger partial charge in [0.15, 0.2) is 0 Å². The van der Waals surface area contributed by atoms with Crippen molar-refractivity contribution in [1.82, 2.24) is 15.2 Å². The Morgan fingerprint density at radius 2 is 2.14 bits per heavy atom. The fourth-order valence-electron chi connectivity index (χ4n) is 3.09. The van der Waals surface area contributed by atoms with Crippen LogP contribution < -0.4 is 11.3 Å². The summed E-state index contributed by atoms with van der Waals surface area (Å²) < 4.78 is 7.46. The Labute approximate surface area is 128 Å². The lowest BCUT2D eigenvalue weighted by molar-refractivity contribution is 0.106. The molecule has 120 valence electrons. The molecule has 1 aromatic rings. The summed E-state index contributed by atoms with van der Waals surface area (Å²) in [5.41, 5.74) is 4.05. The second-order valence-corrected chi connectivity index (χ2v) is 6.27. The van der Waals surface area contributed by atoms with Gasteiger partial charge in [0, 0.05) is 25.8 Å². The number of nitrogens with one attached hydrogen (secondary N) is 1. The van der Waals surface area contributed by atoms with Crippen molar-refractivity contribution >= 4 is 0 Å². The zero-order valence-electron chi connectivity index (χ0n) is 13.4. The molecule has 1 aromatic heterocycles. The number of hydrogen-bond donors (Lipinski definition) is 2. The van der Waals surface area contributed by atoms with Gasteiger partial charge in [-0.25, -0.2) is 0 Å². The molecule has 0 spiro atoms. The molecule has 1 aliphatic carbocycles. The van der Waals surface area contributed by atoms with Crippen molar-refractivity contribution in [1.29, 1.82) is 0 Å². The molecule has 0 aromatic carbocycles. The lowest BCUT2D eigenvalue weighted by Crippen LogP contribution is -2.37. The Hall–Kier alpha value is -0.910. The van der Waals surface area contributed by atoms with Gasteiger partial charge in [-0.2, -0.15) is 5.10 Å². The maximum atomic E-state index is 5.67. The van der Waals surface area contributed by atoms with Crippen LogP contribution in [0.4, 0.5) is 0 Å². The molecule has 1 fully saturated rings. The number of rotatable bonds is 8. The summed E-state index contributed by atoms with van der Waals surface area (Å²) in [6.45, 7) is 2.09. The van der Waals surface area contributed by atoms with Crippen molar-refractivity contribution in [2.24, 2.45) is 5.84 Å². The van der Waals surface area contributed by atoms with E-state index in [1.165, 1.54) is 32.1 Å². The van der Waals surface area contributed by atoms with E-state index >= 15 is 0 Å². The topological polar surface area (TPSA) is 65.1 Å². The average Bonchev–Trinajstić information content (AvgIpc) is 3.00. The van der Waals surface area contributed by atoms with Crippen LogP contribution in [0.3, 0.4) is 0 Å². The Morgan fingerprint density at radius 3 is 2.81 bits per heavy atom. The number of aromatic nitrogens is 2. The van der Waals surface area contributed by atoms with Gasteiger partial charge in [0.05, 0.1) is 17.8 Å². The van der Waals surface area contributed by atoms with Crippen LogP contribution in [0.15, 0.2) is 12.3 Å². The molecule has 3 N–H and O–H groups in total. The Morgan fingerprint density at radius 1 is 1.38 bits per heavy atom. The molecule has 21 heavy (non-hydrogen) atoms. The van der Waals surface area contributed by atoms with E-state index in [4.69, 9.17) is 15.7 Å². The fourth-order valence-corrected chi connectivity index (χ4v) is 3.09. The first-order chi connectivity index (χ1) is 10.2. The lowest BCUT2D eigenvalue weighted by atomic mass is 9.96. The Balaban J connectivity index is 1.84. The summed E-state index contributed by atoms with van der Waals surface area (Å²) in [4.78, 5) is 0. The van der Waals surface area contributed by atoms with Crippen LogP contribution in [-0.2, 0) is 11.2 Å². The molecule has 1 heterocycles. The monoisotopic (exact) mass is 294 g/mol. The highest BCUT2D eigenvalue weighted by Gasteiger charge is 2.17. The summed E-state index contributed by atoms with van der Waals surface area (Å²) in [7, 11) is 1.75. The van der Waals surface area contributed by atoms with Gasteiger partial charge in [-0.1, -0.05) is 19.3 Å². The van der Waals surface area contributed by atoms with Crippen LogP contribution in [0.1, 0.15) is 63.6 Å². The Kier molecular flexibility index (Phi) is 6.67. The van der Waals surface area contributed by atoms with E-state index in [9.17, 15) is 0 Å². The predicted octanol–water partition coefficient (Wildman–Crippen LogP) is 2.58. The molecule has 2 rings (SSSR count). The highest BCUT2D eigenvalue weighted by molar-refractivity contribution is 5.02. The molecular weight excluding hydrogens is 264 g/mol. The maximum Gasteiger partial charge on any atom is 0.0640 e. The third kappa shape index (κ3) is 5.09. The van der Waals surface area contributed by atoms with Crippen LogP contribution >= 0.6 is 0 Å². The molecule has 0 radical (unpaired) electrons. The summed E-state index contributed by atoms with van der Waals surface area (Å²) in [6, 6.07) is 3.00. The summed E-state index contributed by atoms with van der Waals surface area (Å²) >= 11 is 0. The highest BCUT2D eigenvalue weighted by Crippen LogP contribution is 2.27. The van der Waals surface area contributed by atoms with Gasteiger partial charge in [-0.15, -0.1) is 0 Å². The number of ether oxygens (including phenoxy) is 1. The molecule has 1 aliphatic rings. The minimum atomic E-state index is 0.261. The minimum Gasteiger partial charge on any atom is -0.382 e. The van der Waals surface area contributed by atoms with E-state index in [0.717, 1.165) is 25.0 Å². The molecule has 0 amide bonds. The van der Waals surface area contributed by atoms with Gasteiger partial charge in [0.1, 0.15) is 0 Å². The van der Waals surface area contributed by atoms with E-state index in [1.807, 2.05) is 0 Å². The largest absolute Gasteiger partial charge is 0.382 e. The predicted molar refractivity (Wildman–Crippen MR) is 84.9 cm³/mol. The normalized spacial score (nSPS) is 19.6. The molecule has 1 saturated carbocycles. The van der Waals surface area contributed by atoms with E-state index < -0.39 is 0 Å². The zero-order valence-corrected chi connectivity index (χ0v) is 13.4. The lowest BCUT2D eigenvalue weighted by Gasteiger charge is -2.22. The molecule has 5 heteroatoms. The van der Waals surface area contributed by atoms with Gasteiger partial charge in [-0.3, -0.25) is 16.0 Å². The smallest absolute Gasteiger partial charge is 0.0640 e. The molecule has 0 bridgehead atoms. The zero-order chi connectivity index (χ0) is 15.1. The van der Waals surface area contributed by atoms with Crippen molar-refractivity contribution < 1.29 is 4.74 Å². The maximum absolute atomic E-state index is 5.67. The molecule has 0 aliphatic heterocycles. The van der Waals surface area contributed by atoms with Crippen LogP contribution in [0.5, 0.6) is 0 Å². The van der Waals surface area contributed by atoms with Crippen LogP contribution in [0.2, 0.25) is 0 Å². The Bertz CT molecular complexity index is 401. The minimum absolute atomic E-state index is 0.261. The molecule has 5 nitrogen and oxygen atoms in total. The molecule has 2 atom stereocenters. The van der Waals surface area contributed by atoms with Crippen LogP contribution in [0, 0.1) is 0 Å². The summed E-state index contributed by atoms with van der Waals surface area (Å²) in [5.74, 6) is 5.67. The van der Waals surface area contributed by atoms with E-state index in [-0.39, 0.29) is 12.1 Å². The second-order valence-electron chi connectivity index (χ2n) is 6.27. The molecule has 0 saturated heterocycles. The first-order valence-electron chi connectivity index (χ1n) is 8.26. The standard InChI is InChI=1S/C16H30N4O/c1-13(21-2)8-9-14(18-17)12-15-10-11-20(19-15)16-6-4-3-5-7-16/h10-11,13-14,16,18H,3-9,12,17H2,1-2H3. The van der Waals surface area contributed by atoms with Crippen LogP contribution in [-0.4, -0.2) is 29.0 Å². The highest BCUT2D eigenvalue weighted by atomic mass is 16.5. The third-order valence-corrected chi connectivity index (χ3v) is 4.63. The average molecular weight is 294 g/mol. The fraction of sp³-hybridized carbons (Fsp3) is 0.812. The first kappa shape index (κ1) is 16.5. The number of nitrogens with zero attached hydrogens (tertiary/aromatic N) is 2. The van der Waals surface area contributed by atoms with Gasteiger partial charge in [-0.05, 0) is 38.7 Å². The third-order valence-electron chi connectivity index (χ3n) is 4.63. The first-order valence-corrected chi connectivity index (χ1v) is 8.26. The van der Waals surface area contributed by atoms with Crippen molar-refractivity contribution in [3.8, 4) is 0 Å². The van der Waals surface area contributed by atoms with Crippen molar-refractivity contribution in [2.45, 2.75) is 76.5 Å². The second kappa shape index (κ2) is 8.51. The van der Waals surface area contributed by atoms with Crippen molar-refractivity contribution in [2.75, 3.05) is 7.11 Å². The number of nitrogens with two attached hydrogens (primary N) is 1. The van der Waals surface area contributed by atoms with Gasteiger partial charge < -0.3 is 4.74 Å². The number of methoxy groups -OCH3 is 1. The van der Waals surface area contributed by atoms with E-state index in [1.54, 1.807) is 7.11 Å². The van der Waals surface area contributed by atoms with Crippen molar-refractivity contribution in [3.05, 3.63) is 18.0 Å². The van der Waals surface area contributed by atoms with E-state index in [2.05, 4.69) is 29.3 Å².